The van der Waals surface area contributed by atoms with Crippen molar-refractivity contribution < 1.29 is 18.8 Å². The summed E-state index contributed by atoms with van der Waals surface area (Å²) in [5.74, 6) is 2.18. The topological polar surface area (TPSA) is 90.6 Å². The van der Waals surface area contributed by atoms with Gasteiger partial charge >= 0.3 is 0 Å². The molecule has 1 aliphatic heterocycles. The monoisotopic (exact) mass is 380 g/mol. The largest absolute Gasteiger partial charge is 0.497 e. The Morgan fingerprint density at radius 1 is 1.21 bits per heavy atom. The predicted octanol–water partition coefficient (Wildman–Crippen LogP) is 2.66. The quantitative estimate of drug-likeness (QED) is 0.649. The number of likely N-dealkylation sites (tertiary alicyclic amines) is 1. The molecule has 3 aromatic rings. The fourth-order valence-corrected chi connectivity index (χ4v) is 3.28. The van der Waals surface area contributed by atoms with Gasteiger partial charge in [0.05, 0.1) is 20.1 Å². The Kier molecular flexibility index (Phi) is 4.92. The van der Waals surface area contributed by atoms with Crippen molar-refractivity contribution in [3.8, 4) is 23.0 Å². The Balaban J connectivity index is 1.48. The highest BCUT2D eigenvalue weighted by atomic mass is 16.5. The summed E-state index contributed by atoms with van der Waals surface area (Å²) in [6, 6.07) is 11.1. The summed E-state index contributed by atoms with van der Waals surface area (Å²) in [5.41, 5.74) is 1.55. The molecule has 1 atom stereocenters. The number of methoxy groups -OCH3 is 2. The number of hydrogen-bond donors (Lipinski definition) is 0. The lowest BCUT2D eigenvalue weighted by Crippen LogP contribution is -2.24. The number of ether oxygens (including phenoxy) is 2. The zero-order chi connectivity index (χ0) is 19.5. The molecule has 144 valence electrons. The van der Waals surface area contributed by atoms with Gasteiger partial charge in [-0.15, -0.1) is 0 Å². The predicted molar refractivity (Wildman–Crippen MR) is 99.9 cm³/mol. The zero-order valence-corrected chi connectivity index (χ0v) is 15.7. The van der Waals surface area contributed by atoms with E-state index < -0.39 is 0 Å². The normalized spacial score (nSPS) is 16.4. The Bertz CT molecular complexity index is 973. The Labute approximate surface area is 162 Å². The van der Waals surface area contributed by atoms with E-state index in [1.807, 2.05) is 36.4 Å². The Morgan fingerprint density at radius 3 is 2.86 bits per heavy atom. The van der Waals surface area contributed by atoms with Gasteiger partial charge in [-0.25, -0.2) is 0 Å². The zero-order valence-electron chi connectivity index (χ0n) is 15.7. The average molecular weight is 380 g/mol. The van der Waals surface area contributed by atoms with Crippen LogP contribution in [-0.2, 0) is 11.3 Å². The standard InChI is InChI=1S/C20H20N4O4/c1-26-15-7-6-13(17(10-15)27-2)11-24-12-14(9-18(24)25)20-22-19(23-28-20)16-5-3-4-8-21-16/h3-8,10,14H,9,11-12H2,1-2H3. The highest BCUT2D eigenvalue weighted by Gasteiger charge is 2.34. The van der Waals surface area contributed by atoms with E-state index in [1.165, 1.54) is 0 Å². The summed E-state index contributed by atoms with van der Waals surface area (Å²) in [7, 11) is 3.21. The van der Waals surface area contributed by atoms with E-state index in [1.54, 1.807) is 25.3 Å². The van der Waals surface area contributed by atoms with Crippen molar-refractivity contribution in [2.45, 2.75) is 18.9 Å². The molecule has 4 rings (SSSR count). The van der Waals surface area contributed by atoms with Gasteiger partial charge in [-0.3, -0.25) is 9.78 Å². The lowest BCUT2D eigenvalue weighted by Gasteiger charge is -2.18. The minimum atomic E-state index is -0.137. The molecular formula is C20H20N4O4. The number of hydrogen-bond acceptors (Lipinski definition) is 7. The third kappa shape index (κ3) is 3.53. The molecule has 8 nitrogen and oxygen atoms in total. The van der Waals surface area contributed by atoms with Crippen molar-refractivity contribution in [1.82, 2.24) is 20.0 Å². The van der Waals surface area contributed by atoms with Gasteiger partial charge in [0, 0.05) is 37.3 Å². The second kappa shape index (κ2) is 7.67. The first-order valence-corrected chi connectivity index (χ1v) is 8.91. The molecule has 0 aliphatic carbocycles. The maximum atomic E-state index is 12.5. The van der Waals surface area contributed by atoms with Gasteiger partial charge in [-0.05, 0) is 24.3 Å². The molecule has 0 bridgehead atoms. The van der Waals surface area contributed by atoms with E-state index >= 15 is 0 Å². The van der Waals surface area contributed by atoms with Gasteiger partial charge in [0.2, 0.25) is 17.6 Å². The summed E-state index contributed by atoms with van der Waals surface area (Å²) in [5, 5.41) is 4.00. The number of amides is 1. The van der Waals surface area contributed by atoms with Gasteiger partial charge in [0.1, 0.15) is 17.2 Å². The van der Waals surface area contributed by atoms with Crippen molar-refractivity contribution in [2.24, 2.45) is 0 Å². The van der Waals surface area contributed by atoms with E-state index in [4.69, 9.17) is 14.0 Å². The maximum Gasteiger partial charge on any atom is 0.232 e. The molecule has 2 aromatic heterocycles. The molecule has 1 unspecified atom stereocenters. The molecular weight excluding hydrogens is 360 g/mol. The van der Waals surface area contributed by atoms with Gasteiger partial charge in [0.15, 0.2) is 0 Å². The van der Waals surface area contributed by atoms with Gasteiger partial charge < -0.3 is 18.9 Å². The van der Waals surface area contributed by atoms with Crippen LogP contribution < -0.4 is 9.47 Å². The molecule has 0 saturated carbocycles. The Hall–Kier alpha value is -3.42. The molecule has 0 radical (unpaired) electrons. The van der Waals surface area contributed by atoms with Crippen LogP contribution >= 0.6 is 0 Å². The fraction of sp³-hybridized carbons (Fsp3) is 0.300. The minimum absolute atomic E-state index is 0.0421. The van der Waals surface area contributed by atoms with Crippen LogP contribution in [0.15, 0.2) is 47.1 Å². The number of benzene rings is 1. The molecule has 3 heterocycles. The summed E-state index contributed by atoms with van der Waals surface area (Å²) < 4.78 is 16.1. The van der Waals surface area contributed by atoms with Crippen LogP contribution in [0.3, 0.4) is 0 Å². The molecule has 28 heavy (non-hydrogen) atoms. The summed E-state index contributed by atoms with van der Waals surface area (Å²) >= 11 is 0. The molecule has 0 spiro atoms. The van der Waals surface area contributed by atoms with Crippen LogP contribution in [-0.4, -0.2) is 46.7 Å². The summed E-state index contributed by atoms with van der Waals surface area (Å²) in [6.07, 6.45) is 2.01. The lowest BCUT2D eigenvalue weighted by atomic mass is 10.1. The van der Waals surface area contributed by atoms with Crippen LogP contribution in [0.1, 0.15) is 23.8 Å². The van der Waals surface area contributed by atoms with E-state index in [0.717, 1.165) is 5.56 Å². The van der Waals surface area contributed by atoms with Gasteiger partial charge in [-0.1, -0.05) is 11.2 Å². The highest BCUT2D eigenvalue weighted by Crippen LogP contribution is 2.32. The lowest BCUT2D eigenvalue weighted by molar-refractivity contribution is -0.128. The molecule has 1 aliphatic rings. The van der Waals surface area contributed by atoms with Crippen molar-refractivity contribution in [3.63, 3.8) is 0 Å². The fourth-order valence-electron chi connectivity index (χ4n) is 3.28. The van der Waals surface area contributed by atoms with Crippen LogP contribution in [0.4, 0.5) is 0 Å². The van der Waals surface area contributed by atoms with E-state index in [9.17, 15) is 4.79 Å². The smallest absolute Gasteiger partial charge is 0.232 e. The first-order chi connectivity index (χ1) is 13.7. The van der Waals surface area contributed by atoms with Crippen molar-refractivity contribution in [1.29, 1.82) is 0 Å². The molecule has 1 amide bonds. The number of nitrogens with zero attached hydrogens (tertiary/aromatic N) is 4. The number of carbonyl (C=O) groups excluding carboxylic acids is 1. The molecule has 0 N–H and O–H groups in total. The second-order valence-corrected chi connectivity index (χ2v) is 6.52. The number of rotatable bonds is 6. The highest BCUT2D eigenvalue weighted by molar-refractivity contribution is 5.79. The number of aromatic nitrogens is 3. The van der Waals surface area contributed by atoms with Gasteiger partial charge in [0.25, 0.3) is 0 Å². The van der Waals surface area contributed by atoms with Gasteiger partial charge in [-0.2, -0.15) is 4.98 Å². The van der Waals surface area contributed by atoms with E-state index in [0.29, 0.717) is 48.4 Å². The summed E-state index contributed by atoms with van der Waals surface area (Å²) in [6.45, 7) is 0.960. The maximum absolute atomic E-state index is 12.5. The third-order valence-corrected chi connectivity index (χ3v) is 4.75. The first-order valence-electron chi connectivity index (χ1n) is 8.91. The number of carbonyl (C=O) groups is 1. The summed E-state index contributed by atoms with van der Waals surface area (Å²) in [4.78, 5) is 23.0. The van der Waals surface area contributed by atoms with Crippen molar-refractivity contribution in [2.75, 3.05) is 20.8 Å². The average Bonchev–Trinajstić information content (AvgIpc) is 3.36. The van der Waals surface area contributed by atoms with Crippen LogP contribution in [0.25, 0.3) is 11.5 Å². The third-order valence-electron chi connectivity index (χ3n) is 4.75. The van der Waals surface area contributed by atoms with Crippen LogP contribution in [0, 0.1) is 0 Å². The first kappa shape index (κ1) is 18.0. The minimum Gasteiger partial charge on any atom is -0.497 e. The van der Waals surface area contributed by atoms with E-state index in [-0.39, 0.29) is 11.8 Å². The Morgan fingerprint density at radius 2 is 2.11 bits per heavy atom. The van der Waals surface area contributed by atoms with E-state index in [2.05, 4.69) is 15.1 Å². The number of pyridine rings is 1. The van der Waals surface area contributed by atoms with Crippen LogP contribution in [0.2, 0.25) is 0 Å². The van der Waals surface area contributed by atoms with Crippen LogP contribution in [0.5, 0.6) is 11.5 Å². The molecule has 1 fully saturated rings. The molecule has 1 saturated heterocycles. The molecule has 8 heteroatoms. The van der Waals surface area contributed by atoms with Crippen molar-refractivity contribution in [3.05, 3.63) is 54.0 Å². The SMILES string of the molecule is COc1ccc(CN2CC(c3nc(-c4ccccn4)no3)CC2=O)c(OC)c1. The second-order valence-electron chi connectivity index (χ2n) is 6.52. The molecule has 1 aromatic carbocycles. The van der Waals surface area contributed by atoms with Crippen molar-refractivity contribution >= 4 is 5.91 Å².